The number of ether oxygens (including phenoxy) is 1. The summed E-state index contributed by atoms with van der Waals surface area (Å²) in [6.07, 6.45) is 0. The van der Waals surface area contributed by atoms with Gasteiger partial charge in [0.05, 0.1) is 24.2 Å². The first-order valence-electron chi connectivity index (χ1n) is 6.08. The first kappa shape index (κ1) is 11.8. The highest BCUT2D eigenvalue weighted by molar-refractivity contribution is 5.91. The summed E-state index contributed by atoms with van der Waals surface area (Å²) < 4.78 is 5.19. The second-order valence-corrected chi connectivity index (χ2v) is 4.37. The highest BCUT2D eigenvalue weighted by Crippen LogP contribution is 2.15. The van der Waals surface area contributed by atoms with Gasteiger partial charge in [-0.2, -0.15) is 0 Å². The molecule has 1 aromatic heterocycles. The predicted molar refractivity (Wildman–Crippen MR) is 70.3 cm³/mol. The first-order chi connectivity index (χ1) is 9.22. The Morgan fingerprint density at radius 2 is 1.95 bits per heavy atom. The van der Waals surface area contributed by atoms with Crippen LogP contribution in [0, 0.1) is 0 Å². The van der Waals surface area contributed by atoms with E-state index >= 15 is 0 Å². The molecule has 1 fully saturated rings. The number of imidazole rings is 1. The first-order valence-corrected chi connectivity index (χ1v) is 6.08. The van der Waals surface area contributed by atoms with E-state index in [2.05, 4.69) is 15.3 Å². The van der Waals surface area contributed by atoms with Gasteiger partial charge >= 0.3 is 11.7 Å². The monoisotopic (exact) mass is 262 g/mol. The molecule has 0 bridgehead atoms. The number of morpholine rings is 1. The fourth-order valence-electron chi connectivity index (χ4n) is 2.08. The molecular formula is C12H14N4O3. The fourth-order valence-corrected chi connectivity index (χ4v) is 2.08. The summed E-state index contributed by atoms with van der Waals surface area (Å²) in [5, 5.41) is 2.81. The number of carbonyl (C=O) groups excluding carboxylic acids is 1. The van der Waals surface area contributed by atoms with Gasteiger partial charge in [0.25, 0.3) is 0 Å². The highest BCUT2D eigenvalue weighted by atomic mass is 16.5. The molecule has 1 aromatic carbocycles. The van der Waals surface area contributed by atoms with Crippen molar-refractivity contribution >= 4 is 22.8 Å². The van der Waals surface area contributed by atoms with E-state index in [9.17, 15) is 9.59 Å². The third-order valence-corrected chi connectivity index (χ3v) is 3.07. The van der Waals surface area contributed by atoms with Gasteiger partial charge in [0.2, 0.25) is 0 Å². The SMILES string of the molecule is O=C(Nc1ccc2[nH]c(=O)[nH]c2c1)N1CCOCC1. The van der Waals surface area contributed by atoms with Crippen molar-refractivity contribution in [1.29, 1.82) is 0 Å². The second-order valence-electron chi connectivity index (χ2n) is 4.37. The van der Waals surface area contributed by atoms with Crippen LogP contribution in [0.25, 0.3) is 11.0 Å². The molecule has 1 aliphatic rings. The third kappa shape index (κ3) is 2.45. The minimum Gasteiger partial charge on any atom is -0.378 e. The van der Waals surface area contributed by atoms with Gasteiger partial charge in [0.1, 0.15) is 0 Å². The number of nitrogens with zero attached hydrogens (tertiary/aromatic N) is 1. The number of rotatable bonds is 1. The normalized spacial score (nSPS) is 15.7. The molecule has 0 atom stereocenters. The van der Waals surface area contributed by atoms with Crippen molar-refractivity contribution in [3.8, 4) is 0 Å². The van der Waals surface area contributed by atoms with E-state index in [1.54, 1.807) is 23.1 Å². The van der Waals surface area contributed by atoms with Crippen LogP contribution in [-0.4, -0.2) is 47.2 Å². The van der Waals surface area contributed by atoms with Crippen LogP contribution in [-0.2, 0) is 4.74 Å². The van der Waals surface area contributed by atoms with Crippen molar-refractivity contribution in [2.75, 3.05) is 31.6 Å². The van der Waals surface area contributed by atoms with Crippen molar-refractivity contribution in [3.63, 3.8) is 0 Å². The third-order valence-electron chi connectivity index (χ3n) is 3.07. The van der Waals surface area contributed by atoms with Crippen molar-refractivity contribution in [3.05, 3.63) is 28.7 Å². The van der Waals surface area contributed by atoms with E-state index in [1.165, 1.54) is 0 Å². The minimum atomic E-state index is -0.258. The molecule has 7 nitrogen and oxygen atoms in total. The number of H-pyrrole nitrogens is 2. The fraction of sp³-hybridized carbons (Fsp3) is 0.333. The average molecular weight is 262 g/mol. The lowest BCUT2D eigenvalue weighted by Gasteiger charge is -2.26. The van der Waals surface area contributed by atoms with Crippen LogP contribution in [0.5, 0.6) is 0 Å². The summed E-state index contributed by atoms with van der Waals surface area (Å²) in [5.74, 6) is 0. The van der Waals surface area contributed by atoms with E-state index in [4.69, 9.17) is 4.74 Å². The summed E-state index contributed by atoms with van der Waals surface area (Å²) in [6, 6.07) is 5.08. The maximum absolute atomic E-state index is 12.0. The molecule has 0 aliphatic carbocycles. The van der Waals surface area contributed by atoms with Gasteiger partial charge in [-0.15, -0.1) is 0 Å². The lowest BCUT2D eigenvalue weighted by atomic mass is 10.3. The number of benzene rings is 1. The molecular weight excluding hydrogens is 248 g/mol. The molecule has 0 saturated carbocycles. The molecule has 19 heavy (non-hydrogen) atoms. The van der Waals surface area contributed by atoms with Crippen molar-refractivity contribution < 1.29 is 9.53 Å². The number of hydrogen-bond acceptors (Lipinski definition) is 3. The van der Waals surface area contributed by atoms with Crippen LogP contribution in [0.3, 0.4) is 0 Å². The van der Waals surface area contributed by atoms with Gasteiger partial charge < -0.3 is 24.9 Å². The Balaban J connectivity index is 1.76. The second kappa shape index (κ2) is 4.77. The molecule has 3 N–H and O–H groups in total. The average Bonchev–Trinajstić information content (AvgIpc) is 2.79. The largest absolute Gasteiger partial charge is 0.378 e. The van der Waals surface area contributed by atoms with Gasteiger partial charge in [0.15, 0.2) is 0 Å². The number of fused-ring (bicyclic) bond motifs is 1. The van der Waals surface area contributed by atoms with Crippen LogP contribution in [0.2, 0.25) is 0 Å². The molecule has 1 saturated heterocycles. The summed E-state index contributed by atoms with van der Waals surface area (Å²) in [6.45, 7) is 2.32. The summed E-state index contributed by atoms with van der Waals surface area (Å²) in [5.41, 5.74) is 1.78. The van der Waals surface area contributed by atoms with E-state index in [0.29, 0.717) is 37.5 Å². The quantitative estimate of drug-likeness (QED) is 0.707. The van der Waals surface area contributed by atoms with E-state index in [1.807, 2.05) is 0 Å². The Morgan fingerprint density at radius 1 is 1.21 bits per heavy atom. The molecule has 2 heterocycles. The van der Waals surface area contributed by atoms with Crippen LogP contribution in [0.1, 0.15) is 0 Å². The van der Waals surface area contributed by atoms with Crippen molar-refractivity contribution in [2.45, 2.75) is 0 Å². The van der Waals surface area contributed by atoms with Crippen molar-refractivity contribution in [1.82, 2.24) is 14.9 Å². The molecule has 0 spiro atoms. The van der Waals surface area contributed by atoms with Crippen LogP contribution in [0.15, 0.2) is 23.0 Å². The van der Waals surface area contributed by atoms with Gasteiger partial charge in [-0.1, -0.05) is 0 Å². The molecule has 1 aliphatic heterocycles. The van der Waals surface area contributed by atoms with Crippen LogP contribution < -0.4 is 11.0 Å². The Labute approximate surface area is 108 Å². The number of hydrogen-bond donors (Lipinski definition) is 3. The van der Waals surface area contributed by atoms with Gasteiger partial charge in [-0.05, 0) is 18.2 Å². The number of carbonyl (C=O) groups is 1. The zero-order valence-corrected chi connectivity index (χ0v) is 10.2. The number of nitrogens with one attached hydrogen (secondary N) is 3. The van der Waals surface area contributed by atoms with Crippen LogP contribution in [0.4, 0.5) is 10.5 Å². The number of aromatic nitrogens is 2. The highest BCUT2D eigenvalue weighted by Gasteiger charge is 2.16. The summed E-state index contributed by atoms with van der Waals surface area (Å²) >= 11 is 0. The number of urea groups is 1. The predicted octanol–water partition coefficient (Wildman–Crippen LogP) is 0.720. The Kier molecular flexibility index (Phi) is 2.96. The molecule has 0 radical (unpaired) electrons. The van der Waals surface area contributed by atoms with Gasteiger partial charge in [-0.3, -0.25) is 0 Å². The number of anilines is 1. The number of aromatic amines is 2. The lowest BCUT2D eigenvalue weighted by Crippen LogP contribution is -2.43. The molecule has 3 rings (SSSR count). The van der Waals surface area contributed by atoms with E-state index < -0.39 is 0 Å². The molecule has 2 amide bonds. The number of amides is 2. The topological polar surface area (TPSA) is 90.2 Å². The van der Waals surface area contributed by atoms with Crippen molar-refractivity contribution in [2.24, 2.45) is 0 Å². The lowest BCUT2D eigenvalue weighted by molar-refractivity contribution is 0.0564. The Hall–Kier alpha value is -2.28. The van der Waals surface area contributed by atoms with E-state index in [-0.39, 0.29) is 11.7 Å². The Morgan fingerprint density at radius 3 is 2.74 bits per heavy atom. The van der Waals surface area contributed by atoms with Gasteiger partial charge in [0, 0.05) is 18.8 Å². The molecule has 100 valence electrons. The standard InChI is InChI=1S/C12H14N4O3/c17-11-14-9-2-1-8(7-10(9)15-11)13-12(18)16-3-5-19-6-4-16/h1-2,7H,3-6H2,(H,13,18)(H2,14,15,17). The summed E-state index contributed by atoms with van der Waals surface area (Å²) in [4.78, 5) is 30.1. The zero-order chi connectivity index (χ0) is 13.2. The van der Waals surface area contributed by atoms with Crippen LogP contribution >= 0.6 is 0 Å². The Bertz CT molecular complexity index is 654. The van der Waals surface area contributed by atoms with E-state index in [0.717, 1.165) is 5.52 Å². The minimum absolute atomic E-state index is 0.152. The smallest absolute Gasteiger partial charge is 0.323 e. The molecule has 0 unspecified atom stereocenters. The molecule has 2 aromatic rings. The maximum atomic E-state index is 12.0. The molecule has 7 heteroatoms. The zero-order valence-electron chi connectivity index (χ0n) is 10.2. The maximum Gasteiger partial charge on any atom is 0.323 e. The van der Waals surface area contributed by atoms with Gasteiger partial charge in [-0.25, -0.2) is 9.59 Å². The summed E-state index contributed by atoms with van der Waals surface area (Å²) in [7, 11) is 0.